The number of aromatic nitrogens is 2. The van der Waals surface area contributed by atoms with Gasteiger partial charge in [0.25, 0.3) is 5.69 Å². The van der Waals surface area contributed by atoms with Crippen LogP contribution in [0.25, 0.3) is 0 Å². The average Bonchev–Trinajstić information content (AvgIpc) is 3.27. The third-order valence-corrected chi connectivity index (χ3v) is 13.2. The van der Waals surface area contributed by atoms with Gasteiger partial charge in [0.15, 0.2) is 0 Å². The predicted molar refractivity (Wildman–Crippen MR) is 232 cm³/mol. The summed E-state index contributed by atoms with van der Waals surface area (Å²) in [6.07, 6.45) is 14.9. The smallest absolute Gasteiger partial charge is 0.269 e. The number of oxime groups is 1. The zero-order valence-electron chi connectivity index (χ0n) is 34.1. The minimum Gasteiger partial charge on any atom is -0.489 e. The van der Waals surface area contributed by atoms with Crippen molar-refractivity contribution in [3.05, 3.63) is 148 Å². The highest BCUT2D eigenvalue weighted by molar-refractivity contribution is 8.00. The summed E-state index contributed by atoms with van der Waals surface area (Å²) in [6, 6.07) is 18.6. The lowest BCUT2D eigenvalue weighted by atomic mass is 9.56. The molecule has 61 heavy (non-hydrogen) atoms. The Morgan fingerprint density at radius 1 is 1.03 bits per heavy atom. The summed E-state index contributed by atoms with van der Waals surface area (Å²) in [6.45, 7) is 4.59. The van der Waals surface area contributed by atoms with Gasteiger partial charge in [-0.15, -0.1) is 6.58 Å². The van der Waals surface area contributed by atoms with Gasteiger partial charge in [0.05, 0.1) is 34.1 Å². The molecule has 1 fully saturated rings. The van der Waals surface area contributed by atoms with E-state index in [2.05, 4.69) is 22.6 Å². The second-order valence-corrected chi connectivity index (χ2v) is 17.0. The Labute approximate surface area is 360 Å². The van der Waals surface area contributed by atoms with Crippen LogP contribution in [0.15, 0.2) is 115 Å². The number of allylic oxidation sites excluding steroid dienone is 1. The maximum atomic E-state index is 14.7. The first kappa shape index (κ1) is 43.9. The van der Waals surface area contributed by atoms with Crippen molar-refractivity contribution in [1.82, 2.24) is 9.97 Å². The number of rotatable bonds is 22. The van der Waals surface area contributed by atoms with Gasteiger partial charge in [-0.05, 0) is 90.8 Å². The number of unbranched alkanes of at least 4 members (excludes halogenated alkanes) is 2. The molecule has 12 nitrogen and oxygen atoms in total. The van der Waals surface area contributed by atoms with Gasteiger partial charge >= 0.3 is 0 Å². The van der Waals surface area contributed by atoms with Gasteiger partial charge in [0.1, 0.15) is 30.5 Å². The van der Waals surface area contributed by atoms with E-state index in [4.69, 9.17) is 24.2 Å². The normalized spacial score (nSPS) is 23.3. The maximum absolute atomic E-state index is 14.7. The Bertz CT molecular complexity index is 2160. The molecule has 0 saturated heterocycles. The fourth-order valence-electron chi connectivity index (χ4n) is 9.01. The van der Waals surface area contributed by atoms with Crippen LogP contribution in [0, 0.1) is 33.7 Å². The van der Waals surface area contributed by atoms with Gasteiger partial charge in [0.2, 0.25) is 5.79 Å². The molecule has 0 spiro atoms. The minimum atomic E-state index is -1.16. The first-order chi connectivity index (χ1) is 29.8. The molecule has 0 amide bonds. The Kier molecular flexibility index (Phi) is 15.2. The molecule has 3 aliphatic rings. The minimum absolute atomic E-state index is 0.00267. The Morgan fingerprint density at radius 3 is 2.57 bits per heavy atom. The Hall–Kier alpha value is -5.15. The van der Waals surface area contributed by atoms with E-state index in [-0.39, 0.29) is 73.5 Å². The van der Waals surface area contributed by atoms with E-state index in [1.807, 2.05) is 18.2 Å². The van der Waals surface area contributed by atoms with Crippen LogP contribution < -0.4 is 9.47 Å². The van der Waals surface area contributed by atoms with E-state index in [0.717, 1.165) is 53.8 Å². The average molecular weight is 853 g/mol. The van der Waals surface area contributed by atoms with Gasteiger partial charge in [-0.25, -0.2) is 4.39 Å². The Morgan fingerprint density at radius 2 is 1.84 bits per heavy atom. The van der Waals surface area contributed by atoms with Crippen LogP contribution in [0.5, 0.6) is 11.5 Å². The molecule has 1 aliphatic heterocycles. The van der Waals surface area contributed by atoms with Gasteiger partial charge in [-0.3, -0.25) is 20.1 Å². The van der Waals surface area contributed by atoms with Crippen molar-refractivity contribution in [2.24, 2.45) is 22.9 Å². The quantitative estimate of drug-likeness (QED) is 0.0337. The lowest BCUT2D eigenvalue weighted by molar-refractivity contribution is -0.384. The van der Waals surface area contributed by atoms with Crippen LogP contribution in [-0.4, -0.2) is 67.4 Å². The van der Waals surface area contributed by atoms with Crippen molar-refractivity contribution < 1.29 is 38.6 Å². The molecule has 1 saturated carbocycles. The highest BCUT2D eigenvalue weighted by Crippen LogP contribution is 2.62. The topological polar surface area (TPSA) is 159 Å². The number of hydrogen-bond donors (Lipinski definition) is 2. The lowest BCUT2D eigenvalue weighted by Crippen LogP contribution is -2.64. The molecule has 2 heterocycles. The van der Waals surface area contributed by atoms with E-state index in [1.165, 1.54) is 18.2 Å². The number of halogens is 1. The molecule has 3 aromatic carbocycles. The van der Waals surface area contributed by atoms with Crippen molar-refractivity contribution in [2.75, 3.05) is 25.6 Å². The molecule has 14 heteroatoms. The summed E-state index contributed by atoms with van der Waals surface area (Å²) >= 11 is 1.73. The molecule has 0 unspecified atom stereocenters. The number of benzene rings is 3. The molecule has 7 rings (SSSR count). The molecular weight excluding hydrogens is 800 g/mol. The van der Waals surface area contributed by atoms with Gasteiger partial charge in [-0.1, -0.05) is 48.3 Å². The van der Waals surface area contributed by atoms with Gasteiger partial charge in [-0.2, -0.15) is 11.8 Å². The van der Waals surface area contributed by atoms with Gasteiger partial charge in [0, 0.05) is 73.8 Å². The SMILES string of the molecule is C=CCO[C@@]12Oc3ccc(OCc4ccccc4F)cc3[C@H]3[C@H](CCCCO)[C@@H](CCCCO)C=C(C(=NOCc4ccc([N+](=O)[O-])cc4)C[C@@H]1SCCc1cnccn1)[C@H]32. The number of hydrogen-bond acceptors (Lipinski definition) is 12. The fraction of sp³-hybridized carbons (Fsp3) is 0.426. The lowest BCUT2D eigenvalue weighted by Gasteiger charge is -2.58. The number of nitro benzene ring substituents is 1. The first-order valence-electron chi connectivity index (χ1n) is 21.0. The van der Waals surface area contributed by atoms with Crippen molar-refractivity contribution in [2.45, 2.75) is 81.5 Å². The molecule has 4 aromatic rings. The first-order valence-corrected chi connectivity index (χ1v) is 22.1. The van der Waals surface area contributed by atoms with Crippen LogP contribution in [0.4, 0.5) is 10.1 Å². The number of non-ortho nitro benzene ring substituents is 1. The molecule has 2 N–H and O–H groups in total. The van der Waals surface area contributed by atoms with Crippen LogP contribution in [0.3, 0.4) is 0 Å². The fourth-order valence-corrected chi connectivity index (χ4v) is 10.4. The van der Waals surface area contributed by atoms with Crippen molar-refractivity contribution >= 4 is 23.2 Å². The maximum Gasteiger partial charge on any atom is 0.269 e. The number of nitro groups is 1. The predicted octanol–water partition coefficient (Wildman–Crippen LogP) is 8.91. The molecule has 1 aromatic heterocycles. The number of aliphatic hydroxyl groups is 2. The highest BCUT2D eigenvalue weighted by atomic mass is 32.2. The van der Waals surface area contributed by atoms with Crippen molar-refractivity contribution in [1.29, 1.82) is 0 Å². The monoisotopic (exact) mass is 852 g/mol. The van der Waals surface area contributed by atoms with Crippen LogP contribution in [0.2, 0.25) is 0 Å². The van der Waals surface area contributed by atoms with E-state index < -0.39 is 10.7 Å². The molecule has 6 atom stereocenters. The van der Waals surface area contributed by atoms with Crippen LogP contribution >= 0.6 is 11.8 Å². The van der Waals surface area contributed by atoms with Gasteiger partial charge < -0.3 is 29.3 Å². The summed E-state index contributed by atoms with van der Waals surface area (Å²) in [5.41, 5.74) is 4.75. The largest absolute Gasteiger partial charge is 0.489 e. The van der Waals surface area contributed by atoms with Crippen LogP contribution in [-0.2, 0) is 29.2 Å². The number of ether oxygens (including phenoxy) is 3. The number of nitrogens with zero attached hydrogens (tertiary/aromatic N) is 4. The van der Waals surface area contributed by atoms with E-state index in [0.29, 0.717) is 48.5 Å². The number of thioether (sulfide) groups is 1. The highest BCUT2D eigenvalue weighted by Gasteiger charge is 2.64. The molecule has 2 aliphatic carbocycles. The number of aryl methyl sites for hydroxylation is 1. The van der Waals surface area contributed by atoms with E-state index in [1.54, 1.807) is 66.8 Å². The summed E-state index contributed by atoms with van der Waals surface area (Å²) < 4.78 is 35.3. The standard InChI is InChI=1S/C47H53FN4O8S/c1-2-24-58-47-44(61-25-19-35-29-49-20-21-50-35)28-42(51-59-30-32-13-15-36(16-14-32)52(55)56)39-26-33(9-5-7-22-53)38(11-6-8-23-54)45(46(39)47)40-27-37(17-18-43(40)60-47)57-31-34-10-3-4-12-41(34)48/h2-4,10,12-18,20-21,26-27,29,33,38,44-46,53-54H,1,5-9,11,19,22-25,28,30-31H2/t33-,38+,44-,45+,46+,47+/m0/s1. The Balaban J connectivity index is 1.34. The van der Waals surface area contributed by atoms with E-state index in [9.17, 15) is 24.7 Å². The summed E-state index contributed by atoms with van der Waals surface area (Å²) in [7, 11) is 0. The second kappa shape index (κ2) is 21.1. The summed E-state index contributed by atoms with van der Waals surface area (Å²) in [5, 5.41) is 35.7. The van der Waals surface area contributed by atoms with E-state index >= 15 is 0 Å². The molecule has 0 radical (unpaired) electrons. The molecule has 0 bridgehead atoms. The van der Waals surface area contributed by atoms with Crippen molar-refractivity contribution in [3.63, 3.8) is 0 Å². The second-order valence-electron chi connectivity index (χ2n) is 15.6. The molecule has 322 valence electrons. The van der Waals surface area contributed by atoms with Crippen LogP contribution in [0.1, 0.15) is 73.2 Å². The number of fused-ring (bicyclic) bond motifs is 2. The number of aliphatic hydroxyl groups excluding tert-OH is 2. The summed E-state index contributed by atoms with van der Waals surface area (Å²) in [5.74, 6) is 0.0952. The molecular formula is C47H53FN4O8S. The zero-order chi connectivity index (χ0) is 42.6. The zero-order valence-corrected chi connectivity index (χ0v) is 35.0. The van der Waals surface area contributed by atoms with Crippen molar-refractivity contribution in [3.8, 4) is 11.5 Å². The summed E-state index contributed by atoms with van der Waals surface area (Å²) in [4.78, 5) is 25.8. The third kappa shape index (κ3) is 10.3. The third-order valence-electron chi connectivity index (χ3n) is 11.8.